The number of aliphatic hydroxyl groups excluding tert-OH is 5. The molecule has 80 valence electrons. The van der Waals surface area contributed by atoms with Crippen LogP contribution in [0.1, 0.15) is 5.71 Å². The van der Waals surface area contributed by atoms with E-state index in [1.807, 2.05) is 0 Å². The second-order valence-electron chi connectivity index (χ2n) is 2.36. The minimum Gasteiger partial charge on any atom is -1.00 e. The quantitative estimate of drug-likeness (QED) is 0.253. The number of carbonyl (C=O) groups is 1. The molecule has 6 nitrogen and oxygen atoms in total. The Morgan fingerprint density at radius 2 is 1.57 bits per heavy atom. The predicted molar refractivity (Wildman–Crippen MR) is 53.1 cm³/mol. The molecule has 0 aliphatic carbocycles. The van der Waals surface area contributed by atoms with Gasteiger partial charge in [-0.2, -0.15) is 0 Å². The van der Waals surface area contributed by atoms with Gasteiger partial charge in [-0.1, -0.05) is 0 Å². The van der Waals surface area contributed by atoms with E-state index in [-0.39, 0.29) is 72.8 Å². The summed E-state index contributed by atoms with van der Waals surface area (Å²) in [5.41, 5.74) is 0. The normalized spacial score (nSPS) is 18.1. The van der Waals surface area contributed by atoms with Gasteiger partial charge in [0, 0.05) is 0 Å². The molecule has 0 bridgehead atoms. The molecule has 0 heterocycles. The number of rotatable bonds is 5. The summed E-state index contributed by atoms with van der Waals surface area (Å²) in [7, 11) is 0. The molecule has 0 saturated heterocycles. The summed E-state index contributed by atoms with van der Waals surface area (Å²) in [4.78, 5) is 9.90. The van der Waals surface area contributed by atoms with Gasteiger partial charge in [0.1, 0.15) is 24.4 Å². The van der Waals surface area contributed by atoms with Gasteiger partial charge in [0.15, 0.2) is 6.29 Å². The molecule has 0 rings (SSSR count). The van der Waals surface area contributed by atoms with Crippen LogP contribution in [-0.2, 0) is 4.79 Å². The largest absolute Gasteiger partial charge is 2.00 e. The molecule has 14 heavy (non-hydrogen) atoms. The zero-order chi connectivity index (χ0) is 9.72. The average Bonchev–Trinajstić information content (AvgIpc) is 2.12. The topological polar surface area (TPSA) is 118 Å². The van der Waals surface area contributed by atoms with Crippen molar-refractivity contribution < 1.29 is 36.0 Å². The van der Waals surface area contributed by atoms with Crippen LogP contribution in [0, 0.1) is 0 Å². The molecule has 0 spiro atoms. The van der Waals surface area contributed by atoms with Crippen molar-refractivity contribution >= 4 is 67.1 Å². The fourth-order valence-corrected chi connectivity index (χ4v) is 0.618. The van der Waals surface area contributed by atoms with E-state index < -0.39 is 31.0 Å². The van der Waals surface area contributed by atoms with Gasteiger partial charge >= 0.3 is 60.8 Å². The molecular formula is C6H16CaMgO6. The van der Waals surface area contributed by atoms with Crippen LogP contribution >= 0.6 is 0 Å². The molecule has 0 aromatic rings. The van der Waals surface area contributed by atoms with Gasteiger partial charge < -0.3 is 36.0 Å². The van der Waals surface area contributed by atoms with Gasteiger partial charge in [-0.05, 0) is 0 Å². The van der Waals surface area contributed by atoms with E-state index in [4.69, 9.17) is 25.5 Å². The molecule has 0 saturated carbocycles. The van der Waals surface area contributed by atoms with Crippen LogP contribution in [0.5, 0.6) is 0 Å². The third kappa shape index (κ3) is 6.88. The van der Waals surface area contributed by atoms with Crippen molar-refractivity contribution in [2.24, 2.45) is 0 Å². The van der Waals surface area contributed by atoms with Crippen LogP contribution in [0.4, 0.5) is 0 Å². The fourth-order valence-electron chi connectivity index (χ4n) is 0.618. The van der Waals surface area contributed by atoms with Crippen molar-refractivity contribution in [3.8, 4) is 0 Å². The Bertz CT molecular complexity index is 162. The van der Waals surface area contributed by atoms with E-state index in [9.17, 15) is 4.79 Å². The van der Waals surface area contributed by atoms with Crippen molar-refractivity contribution in [2.45, 2.75) is 24.4 Å². The van der Waals surface area contributed by atoms with E-state index in [0.29, 0.717) is 0 Å². The Balaban J connectivity index is -0.0000000403. The van der Waals surface area contributed by atoms with Crippen molar-refractivity contribution in [3.05, 3.63) is 0 Å². The standard InChI is InChI=1S/C6H12O6.Ca.Mg.4H/c7-1-3(9)5(11)6(12)4(10)2-8;;;;;;/h1,3-6,8-12H,2H2;;;;;;/q;2*+2;4*-1. The number of carbonyl (C=O) groups excluding carboxylic acids is 1. The number of hydrogen-bond donors (Lipinski definition) is 5. The van der Waals surface area contributed by atoms with E-state index in [2.05, 4.69) is 0 Å². The first-order chi connectivity index (χ1) is 5.54. The van der Waals surface area contributed by atoms with Gasteiger partial charge in [-0.25, -0.2) is 0 Å². The minimum atomic E-state index is -1.79. The van der Waals surface area contributed by atoms with E-state index in [0.717, 1.165) is 0 Å². The molecule has 0 fully saturated rings. The Morgan fingerprint density at radius 1 is 1.14 bits per heavy atom. The molecule has 4 atom stereocenters. The van der Waals surface area contributed by atoms with Crippen molar-refractivity contribution in [1.82, 2.24) is 0 Å². The molecule has 0 amide bonds. The summed E-state index contributed by atoms with van der Waals surface area (Å²) in [5.74, 6) is 0. The molecule has 8 heteroatoms. The number of hydrogen-bond acceptors (Lipinski definition) is 6. The third-order valence-corrected chi connectivity index (χ3v) is 1.42. The summed E-state index contributed by atoms with van der Waals surface area (Å²) >= 11 is 0. The summed E-state index contributed by atoms with van der Waals surface area (Å²) in [5, 5.41) is 43.5. The molecule has 0 aliphatic rings. The maximum absolute atomic E-state index is 9.90. The van der Waals surface area contributed by atoms with Crippen molar-refractivity contribution in [2.75, 3.05) is 6.61 Å². The maximum atomic E-state index is 9.90. The van der Waals surface area contributed by atoms with Gasteiger partial charge in [-0.3, -0.25) is 0 Å². The fraction of sp³-hybridized carbons (Fsp3) is 0.833. The van der Waals surface area contributed by atoms with Crippen LogP contribution in [0.25, 0.3) is 0 Å². The monoisotopic (exact) mass is 248 g/mol. The first-order valence-electron chi connectivity index (χ1n) is 3.33. The minimum absolute atomic E-state index is 0. The molecule has 5 N–H and O–H groups in total. The summed E-state index contributed by atoms with van der Waals surface area (Å²) in [6, 6.07) is 0. The molecule has 0 aromatic heterocycles. The van der Waals surface area contributed by atoms with Crippen LogP contribution < -0.4 is 0 Å². The Morgan fingerprint density at radius 3 is 1.86 bits per heavy atom. The molecule has 0 aliphatic heterocycles. The van der Waals surface area contributed by atoms with Crippen LogP contribution in [-0.4, -0.2) is 124 Å². The van der Waals surface area contributed by atoms with Gasteiger partial charge in [0.2, 0.25) is 0 Å². The molecule has 0 aromatic carbocycles. The Kier molecular flexibility index (Phi) is 16.4. The van der Waals surface area contributed by atoms with E-state index in [1.165, 1.54) is 0 Å². The smallest absolute Gasteiger partial charge is 1.00 e. The average molecular weight is 249 g/mol. The third-order valence-electron chi connectivity index (χ3n) is 1.42. The van der Waals surface area contributed by atoms with E-state index in [1.54, 1.807) is 0 Å². The van der Waals surface area contributed by atoms with Crippen LogP contribution in [0.3, 0.4) is 0 Å². The van der Waals surface area contributed by atoms with Crippen molar-refractivity contribution in [3.63, 3.8) is 0 Å². The molecule has 4 unspecified atom stereocenters. The van der Waals surface area contributed by atoms with Crippen molar-refractivity contribution in [1.29, 1.82) is 0 Å². The second-order valence-corrected chi connectivity index (χ2v) is 2.36. The van der Waals surface area contributed by atoms with E-state index >= 15 is 0 Å². The predicted octanol–water partition coefficient (Wildman–Crippen LogP) is -3.69. The maximum Gasteiger partial charge on any atom is 2.00 e. The van der Waals surface area contributed by atoms with Gasteiger partial charge in [0.25, 0.3) is 0 Å². The SMILES string of the molecule is O=CC(O)C(O)C(O)C(O)CO.[Ca+2].[H-].[H-].[H-].[H-].[Mg+2]. The van der Waals surface area contributed by atoms with Gasteiger partial charge in [0.05, 0.1) is 6.61 Å². The Labute approximate surface area is 133 Å². The number of aliphatic hydroxyl groups is 5. The zero-order valence-corrected chi connectivity index (χ0v) is 11.3. The number of aldehydes is 1. The summed E-state index contributed by atoms with van der Waals surface area (Å²) < 4.78 is 0. The van der Waals surface area contributed by atoms with Crippen LogP contribution in [0.15, 0.2) is 0 Å². The summed E-state index contributed by atoms with van der Waals surface area (Å²) in [6.07, 6.45) is -6.84. The van der Waals surface area contributed by atoms with Crippen LogP contribution in [0.2, 0.25) is 0 Å². The molecule has 0 radical (unpaired) electrons. The van der Waals surface area contributed by atoms with Gasteiger partial charge in [-0.15, -0.1) is 0 Å². The second kappa shape index (κ2) is 11.0. The Hall–Kier alpha value is 1.50. The zero-order valence-electron chi connectivity index (χ0n) is 11.7. The molecular weight excluding hydrogens is 232 g/mol. The first-order valence-corrected chi connectivity index (χ1v) is 3.33. The summed E-state index contributed by atoms with van der Waals surface area (Å²) in [6.45, 7) is -0.760. The first kappa shape index (κ1) is 20.9.